The van der Waals surface area contributed by atoms with Gasteiger partial charge in [0.2, 0.25) is 0 Å². The van der Waals surface area contributed by atoms with Crippen molar-refractivity contribution >= 4 is 22.9 Å². The Bertz CT molecular complexity index is 473. The number of methoxy groups -OCH3 is 1. The summed E-state index contributed by atoms with van der Waals surface area (Å²) in [5.74, 6) is 0.704. The van der Waals surface area contributed by atoms with Crippen molar-refractivity contribution in [3.8, 4) is 5.75 Å². The molecule has 1 heterocycles. The van der Waals surface area contributed by atoms with Gasteiger partial charge in [0.25, 0.3) is 0 Å². The number of thiazole rings is 1. The summed E-state index contributed by atoms with van der Waals surface area (Å²) in [6.45, 7) is 1.55. The Morgan fingerprint density at radius 3 is 2.94 bits per heavy atom. The van der Waals surface area contributed by atoms with Crippen molar-refractivity contribution in [1.29, 1.82) is 0 Å². The van der Waals surface area contributed by atoms with E-state index in [1.807, 2.05) is 29.8 Å². The standard InChI is InChI=1S/C12H13ClN2OS/c1-16-11-3-2-9(6-10(11)13)7-14-8-12-15-4-5-17-12/h2-6,14H,7-8H2,1H3. The van der Waals surface area contributed by atoms with Crippen LogP contribution in [-0.4, -0.2) is 12.1 Å². The molecule has 1 aromatic heterocycles. The minimum atomic E-state index is 0.640. The van der Waals surface area contributed by atoms with Crippen molar-refractivity contribution in [2.75, 3.05) is 7.11 Å². The van der Waals surface area contributed by atoms with E-state index >= 15 is 0 Å². The molecule has 0 fully saturated rings. The topological polar surface area (TPSA) is 34.1 Å². The zero-order valence-corrected chi connectivity index (χ0v) is 11.0. The molecular formula is C12H13ClN2OS. The number of halogens is 1. The van der Waals surface area contributed by atoms with Gasteiger partial charge in [-0.2, -0.15) is 0 Å². The zero-order chi connectivity index (χ0) is 12.1. The predicted molar refractivity (Wildman–Crippen MR) is 70.7 cm³/mol. The van der Waals surface area contributed by atoms with Crippen LogP contribution in [0.4, 0.5) is 0 Å². The lowest BCUT2D eigenvalue weighted by atomic mass is 10.2. The molecule has 3 nitrogen and oxygen atoms in total. The summed E-state index contributed by atoms with van der Waals surface area (Å²) >= 11 is 7.69. The monoisotopic (exact) mass is 268 g/mol. The number of rotatable bonds is 5. The highest BCUT2D eigenvalue weighted by Gasteiger charge is 2.02. The number of aromatic nitrogens is 1. The fourth-order valence-electron chi connectivity index (χ4n) is 1.47. The highest BCUT2D eigenvalue weighted by Crippen LogP contribution is 2.24. The van der Waals surface area contributed by atoms with Crippen LogP contribution in [0.5, 0.6) is 5.75 Å². The molecule has 0 amide bonds. The Labute approximate surface area is 109 Å². The fraction of sp³-hybridized carbons (Fsp3) is 0.250. The van der Waals surface area contributed by atoms with Crippen molar-refractivity contribution in [3.63, 3.8) is 0 Å². The van der Waals surface area contributed by atoms with E-state index in [-0.39, 0.29) is 0 Å². The Morgan fingerprint density at radius 1 is 1.41 bits per heavy atom. The predicted octanol–water partition coefficient (Wildman–Crippen LogP) is 3.09. The van der Waals surface area contributed by atoms with E-state index < -0.39 is 0 Å². The molecule has 0 aliphatic heterocycles. The Kier molecular flexibility index (Phi) is 4.36. The molecule has 90 valence electrons. The Balaban J connectivity index is 1.89. The highest BCUT2D eigenvalue weighted by atomic mass is 35.5. The van der Waals surface area contributed by atoms with Gasteiger partial charge in [-0.25, -0.2) is 4.98 Å². The van der Waals surface area contributed by atoms with E-state index in [1.54, 1.807) is 18.4 Å². The van der Waals surface area contributed by atoms with E-state index in [0.29, 0.717) is 10.8 Å². The van der Waals surface area contributed by atoms with E-state index in [0.717, 1.165) is 23.7 Å². The van der Waals surface area contributed by atoms with Crippen LogP contribution < -0.4 is 10.1 Å². The third-order valence-electron chi connectivity index (χ3n) is 2.31. The van der Waals surface area contributed by atoms with Crippen LogP contribution in [-0.2, 0) is 13.1 Å². The van der Waals surface area contributed by atoms with Crippen LogP contribution in [0.2, 0.25) is 5.02 Å². The summed E-state index contributed by atoms with van der Waals surface area (Å²) < 4.78 is 5.10. The van der Waals surface area contributed by atoms with Crippen molar-refractivity contribution in [2.24, 2.45) is 0 Å². The average molecular weight is 269 g/mol. The van der Waals surface area contributed by atoms with Crippen LogP contribution in [0.3, 0.4) is 0 Å². The maximum Gasteiger partial charge on any atom is 0.137 e. The van der Waals surface area contributed by atoms with E-state index in [1.165, 1.54) is 0 Å². The first-order valence-corrected chi connectivity index (χ1v) is 6.47. The number of nitrogens with zero attached hydrogens (tertiary/aromatic N) is 1. The fourth-order valence-corrected chi connectivity index (χ4v) is 2.34. The summed E-state index contributed by atoms with van der Waals surface area (Å²) in [4.78, 5) is 4.20. The molecule has 1 aromatic carbocycles. The Hall–Kier alpha value is -1.10. The van der Waals surface area contributed by atoms with E-state index in [9.17, 15) is 0 Å². The summed E-state index contributed by atoms with van der Waals surface area (Å²) in [6, 6.07) is 5.79. The van der Waals surface area contributed by atoms with Gasteiger partial charge in [0, 0.05) is 24.7 Å². The van der Waals surface area contributed by atoms with Gasteiger partial charge in [0.1, 0.15) is 10.8 Å². The molecule has 1 N–H and O–H groups in total. The minimum Gasteiger partial charge on any atom is -0.495 e. The minimum absolute atomic E-state index is 0.640. The van der Waals surface area contributed by atoms with Crippen LogP contribution in [0, 0.1) is 0 Å². The lowest BCUT2D eigenvalue weighted by Gasteiger charge is -2.06. The molecule has 0 saturated carbocycles. The molecule has 0 bridgehead atoms. The normalized spacial score (nSPS) is 10.5. The number of nitrogens with one attached hydrogen (secondary N) is 1. The second kappa shape index (κ2) is 6.00. The number of hydrogen-bond donors (Lipinski definition) is 1. The SMILES string of the molecule is COc1ccc(CNCc2nccs2)cc1Cl. The highest BCUT2D eigenvalue weighted by molar-refractivity contribution is 7.09. The lowest BCUT2D eigenvalue weighted by molar-refractivity contribution is 0.415. The van der Waals surface area contributed by atoms with E-state index in [4.69, 9.17) is 16.3 Å². The molecule has 0 aliphatic rings. The molecule has 0 aliphatic carbocycles. The van der Waals surface area contributed by atoms with Gasteiger partial charge < -0.3 is 10.1 Å². The van der Waals surface area contributed by atoms with Crippen molar-refractivity contribution < 1.29 is 4.74 Å². The van der Waals surface area contributed by atoms with Crippen LogP contribution >= 0.6 is 22.9 Å². The average Bonchev–Trinajstić information content (AvgIpc) is 2.82. The van der Waals surface area contributed by atoms with Crippen LogP contribution in [0.1, 0.15) is 10.6 Å². The van der Waals surface area contributed by atoms with E-state index in [2.05, 4.69) is 10.3 Å². The maximum atomic E-state index is 6.04. The summed E-state index contributed by atoms with van der Waals surface area (Å²) in [6.07, 6.45) is 1.81. The smallest absolute Gasteiger partial charge is 0.137 e. The quantitative estimate of drug-likeness (QED) is 0.905. The van der Waals surface area contributed by atoms with Crippen LogP contribution in [0.15, 0.2) is 29.8 Å². The van der Waals surface area contributed by atoms with Gasteiger partial charge in [-0.05, 0) is 17.7 Å². The number of ether oxygens (including phenoxy) is 1. The molecular weight excluding hydrogens is 256 g/mol. The van der Waals surface area contributed by atoms with Gasteiger partial charge in [-0.3, -0.25) is 0 Å². The first-order chi connectivity index (χ1) is 8.29. The van der Waals surface area contributed by atoms with Gasteiger partial charge >= 0.3 is 0 Å². The molecule has 2 aromatic rings. The first kappa shape index (κ1) is 12.4. The van der Waals surface area contributed by atoms with Crippen LogP contribution in [0.25, 0.3) is 0 Å². The maximum absolute atomic E-state index is 6.04. The van der Waals surface area contributed by atoms with Gasteiger partial charge in [-0.15, -0.1) is 11.3 Å². The molecule has 0 unspecified atom stereocenters. The lowest BCUT2D eigenvalue weighted by Crippen LogP contribution is -2.12. The second-order valence-corrected chi connectivity index (χ2v) is 4.88. The van der Waals surface area contributed by atoms with Gasteiger partial charge in [0.05, 0.1) is 12.1 Å². The van der Waals surface area contributed by atoms with Crippen molar-refractivity contribution in [3.05, 3.63) is 45.4 Å². The Morgan fingerprint density at radius 2 is 2.29 bits per heavy atom. The van der Waals surface area contributed by atoms with Gasteiger partial charge in [0.15, 0.2) is 0 Å². The summed E-state index contributed by atoms with van der Waals surface area (Å²) in [7, 11) is 1.61. The summed E-state index contributed by atoms with van der Waals surface area (Å²) in [5.41, 5.74) is 1.13. The van der Waals surface area contributed by atoms with Crippen molar-refractivity contribution in [2.45, 2.75) is 13.1 Å². The molecule has 17 heavy (non-hydrogen) atoms. The zero-order valence-electron chi connectivity index (χ0n) is 9.44. The third-order valence-corrected chi connectivity index (χ3v) is 3.38. The third kappa shape index (κ3) is 3.43. The second-order valence-electron chi connectivity index (χ2n) is 3.50. The molecule has 0 atom stereocenters. The molecule has 0 spiro atoms. The van der Waals surface area contributed by atoms with Crippen molar-refractivity contribution in [1.82, 2.24) is 10.3 Å². The molecule has 5 heteroatoms. The largest absolute Gasteiger partial charge is 0.495 e. The molecule has 0 radical (unpaired) electrons. The molecule has 0 saturated heterocycles. The molecule has 2 rings (SSSR count). The summed E-state index contributed by atoms with van der Waals surface area (Å²) in [5, 5.41) is 7.02. The first-order valence-electron chi connectivity index (χ1n) is 5.21. The van der Waals surface area contributed by atoms with Gasteiger partial charge in [-0.1, -0.05) is 17.7 Å². The number of hydrogen-bond acceptors (Lipinski definition) is 4. The number of benzene rings is 1.